The lowest BCUT2D eigenvalue weighted by atomic mass is 9.87. The number of para-hydroxylation sites is 7. The zero-order chi connectivity index (χ0) is 98.8. The zero-order valence-electron chi connectivity index (χ0n) is 82.1. The van der Waals surface area contributed by atoms with Crippen molar-refractivity contribution in [2.24, 2.45) is 0 Å². The molecular formula is C145H95N5. The maximum atomic E-state index is 2.47. The molecule has 0 fully saturated rings. The molecule has 5 heterocycles. The molecule has 0 amide bonds. The van der Waals surface area contributed by atoms with Gasteiger partial charge in [0.1, 0.15) is 0 Å². The van der Waals surface area contributed by atoms with E-state index in [9.17, 15) is 0 Å². The quantitative estimate of drug-likeness (QED) is 0.110. The van der Waals surface area contributed by atoms with Crippen molar-refractivity contribution in [3.05, 3.63) is 587 Å². The molecule has 0 N–H and O–H groups in total. The van der Waals surface area contributed by atoms with Gasteiger partial charge in [0.05, 0.1) is 55.2 Å². The van der Waals surface area contributed by atoms with Crippen molar-refractivity contribution in [3.63, 3.8) is 0 Å². The van der Waals surface area contributed by atoms with Crippen molar-refractivity contribution >= 4 is 141 Å². The first-order chi connectivity index (χ1) is 74.5. The van der Waals surface area contributed by atoms with E-state index in [0.29, 0.717) is 0 Å². The van der Waals surface area contributed by atoms with Gasteiger partial charge in [0.25, 0.3) is 0 Å². The summed E-state index contributed by atoms with van der Waals surface area (Å²) in [6.45, 7) is 0. The number of hydrogen-bond acceptors (Lipinski definition) is 0. The Morgan fingerprint density at radius 1 is 0.133 bits per heavy atom. The molecule has 1 unspecified atom stereocenters. The summed E-state index contributed by atoms with van der Waals surface area (Å²) >= 11 is 0. The summed E-state index contributed by atoms with van der Waals surface area (Å²) in [5.74, 6) is 0.165. The molecule has 31 rings (SSSR count). The van der Waals surface area contributed by atoms with E-state index in [0.717, 1.165) is 22.7 Å². The Labute approximate surface area is 868 Å². The Morgan fingerprint density at radius 3 is 1.14 bits per heavy atom. The Kier molecular flexibility index (Phi) is 21.0. The maximum absolute atomic E-state index is 2.47. The van der Waals surface area contributed by atoms with E-state index < -0.39 is 0 Å². The molecule has 150 heavy (non-hydrogen) atoms. The van der Waals surface area contributed by atoms with Crippen LogP contribution in [0.15, 0.2) is 570 Å². The molecule has 0 aliphatic heterocycles. The van der Waals surface area contributed by atoms with Crippen molar-refractivity contribution in [3.8, 4) is 117 Å². The second-order valence-corrected chi connectivity index (χ2v) is 39.6. The normalized spacial score (nSPS) is 12.3. The molecular weight excluding hydrogens is 1810 g/mol. The minimum absolute atomic E-state index is 0.165. The number of hydrogen-bond donors (Lipinski definition) is 0. The molecule has 1 aliphatic rings. The highest BCUT2D eigenvalue weighted by Gasteiger charge is 2.34. The van der Waals surface area contributed by atoms with Crippen LogP contribution in [-0.2, 0) is 0 Å². The number of nitrogens with zero attached hydrogens (tertiary/aromatic N) is 5. The van der Waals surface area contributed by atoms with Gasteiger partial charge in [-0.15, -0.1) is 0 Å². The molecule has 0 saturated carbocycles. The van der Waals surface area contributed by atoms with Gasteiger partial charge in [-0.05, 0) is 248 Å². The van der Waals surface area contributed by atoms with E-state index in [1.807, 2.05) is 0 Å². The SMILES string of the molecule is c1ccc(-c2cc(-c3ccccc3)cc(-n3c4ccccc4c4c(-c5cccc6c5-c5ccccc5C6c5ccc6ccccc6c5)cccc43)c2)cc1.c1ccc(-c2ccc(-n3c4ccccc4c4c(-c5cccc6c7c8ccccc8ccc7n(-c7ccccc7)c56)cccc43)cc2)cc1.c1ccc(-c2cccc(-n3c4ccccc4c4cccc(-c5ccc6c(c5)c5ccccc5n6-c5ccc6ccccc6c5)c43)c2)cc1. The van der Waals surface area contributed by atoms with E-state index in [2.05, 4.69) is 593 Å². The fourth-order valence-electron chi connectivity index (χ4n) is 24.6. The van der Waals surface area contributed by atoms with Crippen LogP contribution in [0.25, 0.3) is 259 Å². The zero-order valence-corrected chi connectivity index (χ0v) is 82.1. The van der Waals surface area contributed by atoms with Crippen LogP contribution >= 0.6 is 0 Å². The Balaban J connectivity index is 0.000000106. The van der Waals surface area contributed by atoms with Crippen LogP contribution in [0.2, 0.25) is 0 Å². The third-order valence-corrected chi connectivity index (χ3v) is 31.2. The van der Waals surface area contributed by atoms with E-state index in [4.69, 9.17) is 0 Å². The van der Waals surface area contributed by atoms with Crippen molar-refractivity contribution in [1.82, 2.24) is 22.8 Å². The molecule has 30 aromatic rings. The molecule has 1 aliphatic carbocycles. The van der Waals surface area contributed by atoms with Crippen molar-refractivity contribution in [2.75, 3.05) is 0 Å². The van der Waals surface area contributed by atoms with Crippen LogP contribution < -0.4 is 0 Å². The van der Waals surface area contributed by atoms with Gasteiger partial charge in [0, 0.05) is 99.3 Å². The predicted octanol–water partition coefficient (Wildman–Crippen LogP) is 38.8. The van der Waals surface area contributed by atoms with Crippen molar-refractivity contribution in [2.45, 2.75) is 5.92 Å². The van der Waals surface area contributed by atoms with Crippen molar-refractivity contribution in [1.29, 1.82) is 0 Å². The van der Waals surface area contributed by atoms with Gasteiger partial charge in [0.15, 0.2) is 0 Å². The predicted molar refractivity (Wildman–Crippen MR) is 634 cm³/mol. The second-order valence-electron chi connectivity index (χ2n) is 39.6. The standard InChI is InChI=1S/C53H35N.2C46H30N2/c1-3-15-35(16-4-1)40-32-41(36-17-5-2-6-18-36)34-42(33-40)54-49-27-12-11-23-47(49)53-46(25-14-28-50(53)54)45-24-13-26-48-51(43-21-9-10-22-44(43)52(45)48)39-30-29-37-19-7-8-20-38(37)31-39;1-3-13-31(14-4-1)32-25-28-35(29-26-32)47-41-23-10-9-19-39(41)45-37(20-12-24-42(45)47)38-21-11-22-40-44-36-18-8-7-15-33(36)27-30-43(44)48(46(38)40)34-16-5-2-6-17-34;1-2-12-31(13-3-1)34-16-10-17-36(28-34)48-44-23-9-6-18-39(44)41-21-11-20-38(46(41)48)35-25-27-45-42(30-35)40-19-7-8-22-43(40)47(45)37-26-24-32-14-4-5-15-33(32)29-37/h1-34,51H;2*1-30H. The topological polar surface area (TPSA) is 24.6 Å². The molecule has 5 aromatic heterocycles. The van der Waals surface area contributed by atoms with Crippen LogP contribution in [0.5, 0.6) is 0 Å². The van der Waals surface area contributed by atoms with Gasteiger partial charge in [-0.3, -0.25) is 0 Å². The number of benzene rings is 25. The van der Waals surface area contributed by atoms with E-state index >= 15 is 0 Å². The molecule has 25 aromatic carbocycles. The molecule has 0 saturated heterocycles. The second kappa shape index (κ2) is 36.2. The van der Waals surface area contributed by atoms with Crippen LogP contribution in [-0.4, -0.2) is 22.8 Å². The Morgan fingerprint density at radius 2 is 0.487 bits per heavy atom. The van der Waals surface area contributed by atoms with Gasteiger partial charge < -0.3 is 22.8 Å². The van der Waals surface area contributed by atoms with Gasteiger partial charge in [-0.25, -0.2) is 0 Å². The average molecular weight is 1910 g/mol. The highest BCUT2D eigenvalue weighted by molar-refractivity contribution is 6.27. The third-order valence-electron chi connectivity index (χ3n) is 31.2. The smallest absolute Gasteiger partial charge is 0.0619 e. The average Bonchev–Trinajstić information content (AvgIpc) is 1.55. The fourth-order valence-corrected chi connectivity index (χ4v) is 24.6. The lowest BCUT2D eigenvalue weighted by Gasteiger charge is -2.16. The summed E-state index contributed by atoms with van der Waals surface area (Å²) in [5, 5.41) is 20.2. The molecule has 0 spiro atoms. The summed E-state index contributed by atoms with van der Waals surface area (Å²) in [6, 6.07) is 208. The number of fused-ring (bicyclic) bond motifs is 22. The first kappa shape index (κ1) is 86.9. The molecule has 0 radical (unpaired) electrons. The third kappa shape index (κ3) is 14.5. The first-order valence-corrected chi connectivity index (χ1v) is 51.9. The lowest BCUT2D eigenvalue weighted by Crippen LogP contribution is -1.99. The monoisotopic (exact) mass is 1910 g/mol. The van der Waals surface area contributed by atoms with Gasteiger partial charge in [-0.2, -0.15) is 0 Å². The Hall–Kier alpha value is -19.7. The minimum Gasteiger partial charge on any atom is -0.309 e. The van der Waals surface area contributed by atoms with E-state index in [-0.39, 0.29) is 5.92 Å². The Bertz CT molecular complexity index is 10500. The summed E-state index contributed by atoms with van der Waals surface area (Å²) in [6.07, 6.45) is 0. The summed E-state index contributed by atoms with van der Waals surface area (Å²) < 4.78 is 12.2. The van der Waals surface area contributed by atoms with E-state index in [1.54, 1.807) is 0 Å². The summed E-state index contributed by atoms with van der Waals surface area (Å²) in [7, 11) is 0. The highest BCUT2D eigenvalue weighted by atomic mass is 15.0. The first-order valence-electron chi connectivity index (χ1n) is 51.9. The fraction of sp³-hybridized carbons (Fsp3) is 0.00690. The maximum Gasteiger partial charge on any atom is 0.0619 e. The molecule has 0 bridgehead atoms. The van der Waals surface area contributed by atoms with E-state index in [1.165, 1.54) is 253 Å². The highest BCUT2D eigenvalue weighted by Crippen LogP contribution is 2.55. The van der Waals surface area contributed by atoms with Crippen LogP contribution in [0.3, 0.4) is 0 Å². The molecule has 1 atom stereocenters. The molecule has 700 valence electrons. The van der Waals surface area contributed by atoms with Crippen LogP contribution in [0.4, 0.5) is 0 Å². The van der Waals surface area contributed by atoms with Gasteiger partial charge in [-0.1, -0.05) is 449 Å². The van der Waals surface area contributed by atoms with Crippen LogP contribution in [0, 0.1) is 0 Å². The molecule has 5 nitrogen and oxygen atoms in total. The summed E-state index contributed by atoms with van der Waals surface area (Å²) in [4.78, 5) is 0. The van der Waals surface area contributed by atoms with Crippen LogP contribution in [0.1, 0.15) is 22.6 Å². The number of rotatable bonds is 13. The largest absolute Gasteiger partial charge is 0.309 e. The van der Waals surface area contributed by atoms with Crippen molar-refractivity contribution < 1.29 is 0 Å². The van der Waals surface area contributed by atoms with Gasteiger partial charge >= 0.3 is 0 Å². The molecule has 5 heteroatoms. The number of aromatic nitrogens is 5. The van der Waals surface area contributed by atoms with Gasteiger partial charge in [0.2, 0.25) is 0 Å². The lowest BCUT2D eigenvalue weighted by molar-refractivity contribution is 1.02. The minimum atomic E-state index is 0.165. The summed E-state index contributed by atoms with van der Waals surface area (Å²) in [5.41, 5.74) is 41.7.